The van der Waals surface area contributed by atoms with Crippen molar-refractivity contribution < 1.29 is 14.7 Å². The summed E-state index contributed by atoms with van der Waals surface area (Å²) in [6.07, 6.45) is 1.77. The van der Waals surface area contributed by atoms with Crippen LogP contribution in [0.4, 0.5) is 0 Å². The van der Waals surface area contributed by atoms with Crippen LogP contribution in [0.5, 0.6) is 0 Å². The second-order valence-corrected chi connectivity index (χ2v) is 9.06. The molecule has 0 fully saturated rings. The molecule has 0 spiro atoms. The fourth-order valence-electron chi connectivity index (χ4n) is 3.96. The highest BCUT2D eigenvalue weighted by atomic mass is 79.9. The molecule has 0 unspecified atom stereocenters. The Morgan fingerprint density at radius 2 is 1.81 bits per heavy atom. The lowest BCUT2D eigenvalue weighted by Crippen LogP contribution is -2.35. The number of aliphatic carboxylic acids is 1. The van der Waals surface area contributed by atoms with Crippen molar-refractivity contribution in [2.75, 3.05) is 0 Å². The zero-order valence-electron chi connectivity index (χ0n) is 14.6. The highest BCUT2D eigenvalue weighted by molar-refractivity contribution is 9.10. The molecule has 1 aromatic heterocycles. The smallest absolute Gasteiger partial charge is 0.304 e. The van der Waals surface area contributed by atoms with Crippen LogP contribution in [-0.2, 0) is 28.9 Å². The SMILES string of the molecule is O=C(O)CC1(C(=O)CCc2nc3c(Br)cccc3s2)Cc2ccccc2C1. The Morgan fingerprint density at radius 1 is 1.11 bits per heavy atom. The van der Waals surface area contributed by atoms with E-state index < -0.39 is 11.4 Å². The lowest BCUT2D eigenvalue weighted by molar-refractivity contribution is -0.144. The van der Waals surface area contributed by atoms with Gasteiger partial charge in [-0.05, 0) is 52.0 Å². The fourth-order valence-corrected chi connectivity index (χ4v) is 5.54. The van der Waals surface area contributed by atoms with E-state index in [0.717, 1.165) is 30.8 Å². The molecular weight excluding hydrogens is 426 g/mol. The zero-order chi connectivity index (χ0) is 19.0. The summed E-state index contributed by atoms with van der Waals surface area (Å²) in [5.41, 5.74) is 2.28. The van der Waals surface area contributed by atoms with Crippen LogP contribution in [0.3, 0.4) is 0 Å². The van der Waals surface area contributed by atoms with Crippen LogP contribution in [0.2, 0.25) is 0 Å². The molecule has 3 aromatic rings. The molecule has 138 valence electrons. The van der Waals surface area contributed by atoms with Gasteiger partial charge in [0.25, 0.3) is 0 Å². The normalized spacial score (nSPS) is 15.0. The van der Waals surface area contributed by atoms with Crippen LogP contribution in [0.15, 0.2) is 46.9 Å². The fraction of sp³-hybridized carbons (Fsp3) is 0.286. The summed E-state index contributed by atoms with van der Waals surface area (Å²) in [7, 11) is 0. The number of hydrogen-bond donors (Lipinski definition) is 1. The number of carbonyl (C=O) groups is 2. The Balaban J connectivity index is 1.54. The molecule has 0 saturated carbocycles. The van der Waals surface area contributed by atoms with Crippen molar-refractivity contribution in [2.45, 2.75) is 32.1 Å². The van der Waals surface area contributed by atoms with Crippen molar-refractivity contribution in [3.63, 3.8) is 0 Å². The number of fused-ring (bicyclic) bond motifs is 2. The molecule has 1 aliphatic carbocycles. The number of benzene rings is 2. The van der Waals surface area contributed by atoms with Crippen molar-refractivity contribution in [1.82, 2.24) is 4.98 Å². The van der Waals surface area contributed by atoms with E-state index in [1.54, 1.807) is 11.3 Å². The van der Waals surface area contributed by atoms with Gasteiger partial charge in [-0.1, -0.05) is 30.3 Å². The largest absolute Gasteiger partial charge is 0.481 e. The Kier molecular flexibility index (Phi) is 4.86. The number of nitrogens with zero attached hydrogens (tertiary/aromatic N) is 1. The minimum atomic E-state index is -0.917. The summed E-state index contributed by atoms with van der Waals surface area (Å²) in [6.45, 7) is 0. The van der Waals surface area contributed by atoms with Crippen LogP contribution >= 0.6 is 27.3 Å². The molecule has 2 aromatic carbocycles. The second-order valence-electron chi connectivity index (χ2n) is 7.09. The maximum atomic E-state index is 13.1. The monoisotopic (exact) mass is 443 g/mol. The molecule has 0 saturated heterocycles. The average Bonchev–Trinajstić information content (AvgIpc) is 3.21. The van der Waals surface area contributed by atoms with Gasteiger partial charge in [0.15, 0.2) is 0 Å². The number of aromatic nitrogens is 1. The topological polar surface area (TPSA) is 67.3 Å². The first kappa shape index (κ1) is 18.3. The zero-order valence-corrected chi connectivity index (χ0v) is 17.0. The third kappa shape index (κ3) is 3.56. The first-order valence-electron chi connectivity index (χ1n) is 8.83. The van der Waals surface area contributed by atoms with E-state index in [1.165, 1.54) is 0 Å². The maximum absolute atomic E-state index is 13.1. The highest BCUT2D eigenvalue weighted by Crippen LogP contribution is 2.41. The van der Waals surface area contributed by atoms with Gasteiger partial charge in [0.05, 0.1) is 21.6 Å². The molecule has 0 amide bonds. The molecule has 6 heteroatoms. The van der Waals surface area contributed by atoms with Crippen molar-refractivity contribution >= 4 is 49.2 Å². The maximum Gasteiger partial charge on any atom is 0.304 e. The Morgan fingerprint density at radius 3 is 2.44 bits per heavy atom. The molecule has 27 heavy (non-hydrogen) atoms. The van der Waals surface area contributed by atoms with Crippen molar-refractivity contribution in [3.8, 4) is 0 Å². The van der Waals surface area contributed by atoms with Crippen LogP contribution in [-0.4, -0.2) is 21.8 Å². The summed E-state index contributed by atoms with van der Waals surface area (Å²) >= 11 is 5.09. The Labute approximate surface area is 169 Å². The van der Waals surface area contributed by atoms with Crippen LogP contribution in [0, 0.1) is 5.41 Å². The van der Waals surface area contributed by atoms with Crippen molar-refractivity contribution in [1.29, 1.82) is 0 Å². The summed E-state index contributed by atoms with van der Waals surface area (Å²) in [6, 6.07) is 13.8. The van der Waals surface area contributed by atoms with Crippen LogP contribution in [0.25, 0.3) is 10.2 Å². The molecule has 0 aliphatic heterocycles. The number of carbonyl (C=O) groups excluding carboxylic acids is 1. The van der Waals surface area contributed by atoms with Gasteiger partial charge < -0.3 is 5.11 Å². The van der Waals surface area contributed by atoms with E-state index >= 15 is 0 Å². The number of thiazole rings is 1. The average molecular weight is 444 g/mol. The number of carboxylic acids is 1. The molecule has 0 atom stereocenters. The van der Waals surface area contributed by atoms with Crippen LogP contribution < -0.4 is 0 Å². The second kappa shape index (κ2) is 7.17. The van der Waals surface area contributed by atoms with Gasteiger partial charge in [0.2, 0.25) is 0 Å². The summed E-state index contributed by atoms with van der Waals surface area (Å²) in [4.78, 5) is 29.2. The number of Topliss-reactive ketones (excluding diaryl/α,β-unsaturated/α-hetero) is 1. The molecule has 1 N–H and O–H groups in total. The van der Waals surface area contributed by atoms with Crippen molar-refractivity contribution in [2.24, 2.45) is 5.41 Å². The summed E-state index contributed by atoms with van der Waals surface area (Å²) < 4.78 is 2.03. The van der Waals surface area contributed by atoms with E-state index in [4.69, 9.17) is 0 Å². The minimum Gasteiger partial charge on any atom is -0.481 e. The van der Waals surface area contributed by atoms with Crippen LogP contribution in [0.1, 0.15) is 29.0 Å². The van der Waals surface area contributed by atoms with Crippen molar-refractivity contribution in [3.05, 3.63) is 63.1 Å². The molecule has 4 rings (SSSR count). The first-order chi connectivity index (χ1) is 13.0. The molecule has 1 aliphatic rings. The quantitative estimate of drug-likeness (QED) is 0.592. The minimum absolute atomic E-state index is 0.0272. The molecule has 0 bridgehead atoms. The summed E-state index contributed by atoms with van der Waals surface area (Å²) in [5, 5.41) is 10.3. The number of carboxylic acid groups (broad SMARTS) is 1. The van der Waals surface area contributed by atoms with E-state index in [1.807, 2.05) is 42.5 Å². The predicted octanol–water partition coefficient (Wildman–Crippen LogP) is 4.82. The molecule has 0 radical (unpaired) electrons. The Bertz CT molecular complexity index is 1020. The number of para-hydroxylation sites is 1. The highest BCUT2D eigenvalue weighted by Gasteiger charge is 2.44. The van der Waals surface area contributed by atoms with Gasteiger partial charge in [-0.2, -0.15) is 0 Å². The molecular formula is C21H18BrNO3S. The third-order valence-electron chi connectivity index (χ3n) is 5.24. The first-order valence-corrected chi connectivity index (χ1v) is 10.4. The third-order valence-corrected chi connectivity index (χ3v) is 6.96. The number of hydrogen-bond acceptors (Lipinski definition) is 4. The summed E-state index contributed by atoms with van der Waals surface area (Å²) in [5.74, 6) is -0.889. The number of aryl methyl sites for hydroxylation is 1. The van der Waals surface area contributed by atoms with Gasteiger partial charge in [-0.25, -0.2) is 4.98 Å². The number of ketones is 1. The van der Waals surface area contributed by atoms with Gasteiger partial charge in [0.1, 0.15) is 5.78 Å². The Hall–Kier alpha value is -2.05. The standard InChI is InChI=1S/C21H18BrNO3S/c22-15-6-3-7-16-20(15)23-18(27-16)9-8-17(24)21(12-19(25)26)10-13-4-1-2-5-14(13)11-21/h1-7H,8-12H2,(H,25,26). The number of rotatable bonds is 6. The predicted molar refractivity (Wildman–Crippen MR) is 109 cm³/mol. The van der Waals surface area contributed by atoms with E-state index in [0.29, 0.717) is 25.7 Å². The lowest BCUT2D eigenvalue weighted by atomic mass is 9.76. The number of halogens is 1. The molecule has 1 heterocycles. The van der Waals surface area contributed by atoms with Gasteiger partial charge in [-0.15, -0.1) is 11.3 Å². The van der Waals surface area contributed by atoms with E-state index in [9.17, 15) is 14.7 Å². The van der Waals surface area contributed by atoms with E-state index in [2.05, 4.69) is 20.9 Å². The molecule has 4 nitrogen and oxygen atoms in total. The van der Waals surface area contributed by atoms with E-state index in [-0.39, 0.29) is 12.2 Å². The van der Waals surface area contributed by atoms with Gasteiger partial charge >= 0.3 is 5.97 Å². The lowest BCUT2D eigenvalue weighted by Gasteiger charge is -2.25. The van der Waals surface area contributed by atoms with Gasteiger partial charge in [-0.3, -0.25) is 9.59 Å². The van der Waals surface area contributed by atoms with Gasteiger partial charge in [0, 0.05) is 22.7 Å².